The molecule has 5 N–H and O–H groups in total. The number of hydrogen-bond donors (Lipinski definition) is 3. The minimum Gasteiger partial charge on any atom is -0.330 e. The monoisotopic (exact) mass is 997 g/mol. The van der Waals surface area contributed by atoms with Crippen LogP contribution in [0.1, 0.15) is 234 Å². The first kappa shape index (κ1) is 55.7. The molecule has 0 saturated heterocycles. The summed E-state index contributed by atoms with van der Waals surface area (Å²) in [5.74, 6) is 13.6. The molecule has 0 spiro atoms. The third kappa shape index (κ3) is 14.2. The Balaban J connectivity index is 0.877. The number of nitrogens with one attached hydrogen (secondary N) is 1. The lowest BCUT2D eigenvalue weighted by atomic mass is 9.61. The molecular formula is C69H112N4. The lowest BCUT2D eigenvalue weighted by molar-refractivity contribution is 0.112. The zero-order valence-corrected chi connectivity index (χ0v) is 47.9. The fraction of sp³-hybridized carbons (Fsp3) is 0.826. The summed E-state index contributed by atoms with van der Waals surface area (Å²) >= 11 is 0. The molecule has 0 amide bonds. The van der Waals surface area contributed by atoms with Gasteiger partial charge in [-0.2, -0.15) is 0 Å². The third-order valence-corrected chi connectivity index (χ3v) is 23.3. The zero-order chi connectivity index (χ0) is 50.8. The van der Waals surface area contributed by atoms with Crippen LogP contribution in [-0.2, 0) is 0 Å². The molecule has 9 rings (SSSR count). The summed E-state index contributed by atoms with van der Waals surface area (Å²) in [5.41, 5.74) is 21.6. The summed E-state index contributed by atoms with van der Waals surface area (Å²) < 4.78 is 0. The van der Waals surface area contributed by atoms with E-state index in [-0.39, 0.29) is 0 Å². The van der Waals surface area contributed by atoms with Gasteiger partial charge in [-0.25, -0.2) is 0 Å². The number of nitrogens with two attached hydrogens (primary N) is 2. The molecule has 0 aromatic rings. The predicted molar refractivity (Wildman–Crippen MR) is 314 cm³/mol. The van der Waals surface area contributed by atoms with E-state index in [1.807, 2.05) is 11.8 Å². The Morgan fingerprint density at radius 1 is 0.685 bits per heavy atom. The molecule has 0 bridgehead atoms. The van der Waals surface area contributed by atoms with Gasteiger partial charge in [0.25, 0.3) is 0 Å². The van der Waals surface area contributed by atoms with Crippen LogP contribution in [0.15, 0.2) is 63.7 Å². The maximum Gasteiger partial charge on any atom is 0.0441 e. The molecule has 4 fully saturated rings. The van der Waals surface area contributed by atoms with Crippen molar-refractivity contribution in [3.05, 3.63) is 58.7 Å². The molecular weight excluding hydrogens is 885 g/mol. The summed E-state index contributed by atoms with van der Waals surface area (Å²) in [5, 5.41) is 8.37. The summed E-state index contributed by atoms with van der Waals surface area (Å²) in [7, 11) is 0. The number of hydrogen-bond acceptors (Lipinski definition) is 4. The smallest absolute Gasteiger partial charge is 0.0441 e. The lowest BCUT2D eigenvalue weighted by Gasteiger charge is -2.45. The average Bonchev–Trinajstić information content (AvgIpc) is 3.42. The highest BCUT2D eigenvalue weighted by atomic mass is 14.8. The van der Waals surface area contributed by atoms with E-state index in [1.165, 1.54) is 205 Å². The van der Waals surface area contributed by atoms with Gasteiger partial charge in [-0.1, -0.05) is 133 Å². The van der Waals surface area contributed by atoms with Gasteiger partial charge < -0.3 is 16.9 Å². The van der Waals surface area contributed by atoms with Crippen LogP contribution in [0.3, 0.4) is 0 Å². The van der Waals surface area contributed by atoms with Crippen molar-refractivity contribution >= 4 is 11.9 Å². The van der Waals surface area contributed by atoms with Gasteiger partial charge >= 0.3 is 0 Å². The molecule has 0 radical (unpaired) electrons. The van der Waals surface area contributed by atoms with Crippen molar-refractivity contribution in [2.24, 2.45) is 123 Å². The number of nitrogens with zero attached hydrogens (tertiary/aromatic N) is 1. The molecule has 1 heterocycles. The summed E-state index contributed by atoms with van der Waals surface area (Å²) in [6.07, 6.45) is 60.0. The van der Waals surface area contributed by atoms with Crippen LogP contribution < -0.4 is 11.5 Å². The maximum absolute atomic E-state index is 8.37. The van der Waals surface area contributed by atoms with Crippen LogP contribution in [-0.4, -0.2) is 31.1 Å². The predicted octanol–water partition coefficient (Wildman–Crippen LogP) is 18.0. The maximum atomic E-state index is 8.37. The van der Waals surface area contributed by atoms with Gasteiger partial charge in [0.2, 0.25) is 0 Å². The van der Waals surface area contributed by atoms with Crippen LogP contribution in [0.4, 0.5) is 0 Å². The molecule has 0 aromatic heterocycles. The van der Waals surface area contributed by atoms with E-state index in [2.05, 4.69) is 71.1 Å². The average molecular weight is 998 g/mol. The van der Waals surface area contributed by atoms with E-state index in [0.717, 1.165) is 90.0 Å². The Bertz CT molecular complexity index is 1950. The molecule has 1 aliphatic heterocycles. The van der Waals surface area contributed by atoms with Crippen molar-refractivity contribution in [1.82, 2.24) is 0 Å². The topological polar surface area (TPSA) is 88.2 Å². The van der Waals surface area contributed by atoms with E-state index in [1.54, 1.807) is 16.7 Å². The van der Waals surface area contributed by atoms with Crippen molar-refractivity contribution in [2.75, 3.05) is 13.1 Å². The van der Waals surface area contributed by atoms with Crippen molar-refractivity contribution in [3.63, 3.8) is 0 Å². The molecule has 4 saturated carbocycles. The van der Waals surface area contributed by atoms with Crippen molar-refractivity contribution in [1.29, 1.82) is 5.41 Å². The molecule has 0 aromatic carbocycles. The molecule has 8 aliphatic carbocycles. The van der Waals surface area contributed by atoms with Gasteiger partial charge in [-0.3, -0.25) is 4.99 Å². The third-order valence-electron chi connectivity index (χ3n) is 23.3. The Kier molecular flexibility index (Phi) is 20.6. The van der Waals surface area contributed by atoms with Gasteiger partial charge in [0.05, 0.1) is 0 Å². The summed E-state index contributed by atoms with van der Waals surface area (Å²) in [4.78, 5) is 4.89. The molecule has 4 heteroatoms. The largest absolute Gasteiger partial charge is 0.330 e. The van der Waals surface area contributed by atoms with Crippen molar-refractivity contribution in [2.45, 2.75) is 240 Å². The van der Waals surface area contributed by atoms with Crippen molar-refractivity contribution in [3.8, 4) is 0 Å². The van der Waals surface area contributed by atoms with E-state index < -0.39 is 0 Å². The number of aliphatic imine (C=N–C) groups is 1. The SMILES string of the molecule is CCCC(N)C1CCCC(C2CC(C3=CCCC(C(C=N)CCC)C3)=CC(C3CCCC(C(C)=CC(C)C4CCCC(C5CC(C6C=CCC(C7=NCC7)C6)=CC(C6CCCC(C(C)CCN)C6)C5)C4)C3)C2)C1. The molecule has 408 valence electrons. The Labute approximate surface area is 449 Å². The Morgan fingerprint density at radius 2 is 1.34 bits per heavy atom. The first-order valence-corrected chi connectivity index (χ1v) is 32.6. The van der Waals surface area contributed by atoms with Crippen LogP contribution in [0.25, 0.3) is 0 Å². The van der Waals surface area contributed by atoms with Gasteiger partial charge in [0, 0.05) is 30.6 Å². The highest BCUT2D eigenvalue weighted by Gasteiger charge is 2.42. The first-order chi connectivity index (χ1) is 35.6. The number of allylic oxidation sites excluding steroid dienone is 10. The Morgan fingerprint density at radius 3 is 2.05 bits per heavy atom. The zero-order valence-electron chi connectivity index (χ0n) is 47.9. The highest BCUT2D eigenvalue weighted by molar-refractivity contribution is 5.90. The second-order valence-electron chi connectivity index (χ2n) is 27.8. The molecule has 73 heavy (non-hydrogen) atoms. The van der Waals surface area contributed by atoms with Crippen LogP contribution in [0.5, 0.6) is 0 Å². The highest BCUT2D eigenvalue weighted by Crippen LogP contribution is 2.53. The normalized spacial score (nSPS) is 39.4. The van der Waals surface area contributed by atoms with Crippen LogP contribution >= 0.6 is 0 Å². The molecule has 19 atom stereocenters. The van der Waals surface area contributed by atoms with Crippen LogP contribution in [0, 0.1) is 112 Å². The van der Waals surface area contributed by atoms with E-state index in [4.69, 9.17) is 21.9 Å². The number of rotatable bonds is 20. The first-order valence-electron chi connectivity index (χ1n) is 32.6. The standard InChI is InChI=1S/C69H112N4/c1-6-14-61(45-71)52-19-11-23-56(36-52)65-40-64(41-66(44-65)57-24-12-26-59(37-57)68(72)15-7-2)55-22-10-18-51(35-55)48(5)32-47(4)50-17-9-21-54(34-50)63-39-62(53-20-8-16-49(33-53)46(3)28-30-70)42-67(43-63)58-25-13-27-60(38-58)69-29-31-73-69/h13,23,25,32,40,42,45-47,49-55,57-64,66,68,71H,6-12,14-22,24,26-31,33-39,41,43-44,70,72H2,1-5H3. The lowest BCUT2D eigenvalue weighted by Crippen LogP contribution is -2.37. The van der Waals surface area contributed by atoms with E-state index in [0.29, 0.717) is 35.6 Å². The molecule has 19 unspecified atom stereocenters. The van der Waals surface area contributed by atoms with Crippen LogP contribution in [0.2, 0.25) is 0 Å². The Hall–Kier alpha value is -2.04. The quantitative estimate of drug-likeness (QED) is 0.0838. The fourth-order valence-corrected chi connectivity index (χ4v) is 18.7. The minimum atomic E-state index is 0.390. The minimum absolute atomic E-state index is 0.390. The second-order valence-corrected chi connectivity index (χ2v) is 27.8. The molecule has 4 nitrogen and oxygen atoms in total. The summed E-state index contributed by atoms with van der Waals surface area (Å²) in [6, 6.07) is 0.390. The van der Waals surface area contributed by atoms with Gasteiger partial charge in [-0.05, 0) is 266 Å². The fourth-order valence-electron chi connectivity index (χ4n) is 18.7. The summed E-state index contributed by atoms with van der Waals surface area (Å²) in [6.45, 7) is 14.3. The van der Waals surface area contributed by atoms with Gasteiger partial charge in [0.1, 0.15) is 0 Å². The van der Waals surface area contributed by atoms with Gasteiger partial charge in [0.15, 0.2) is 0 Å². The van der Waals surface area contributed by atoms with Gasteiger partial charge in [-0.15, -0.1) is 0 Å². The second kappa shape index (κ2) is 27.0. The van der Waals surface area contributed by atoms with E-state index >= 15 is 0 Å². The van der Waals surface area contributed by atoms with E-state index in [9.17, 15) is 0 Å². The molecule has 9 aliphatic rings. The van der Waals surface area contributed by atoms with Crippen molar-refractivity contribution < 1.29 is 0 Å².